The van der Waals surface area contributed by atoms with Gasteiger partial charge in [0.1, 0.15) is 5.75 Å². The number of ether oxygens (including phenoxy) is 2. The van der Waals surface area contributed by atoms with E-state index in [9.17, 15) is 30.7 Å². The standard InChI is InChI=1S/C19H17F7O2/c1-2-3-4-5-12-6-8-13(9-7-12)18(22,23)27-14-10-15(20)17(16(21)11-14)28-19(24,25)26/h6-11H,2-5H2,1H3. The highest BCUT2D eigenvalue weighted by molar-refractivity contribution is 5.36. The van der Waals surface area contributed by atoms with Crippen LogP contribution in [0.2, 0.25) is 0 Å². The third-order valence-corrected chi connectivity index (χ3v) is 3.79. The topological polar surface area (TPSA) is 18.5 Å². The highest BCUT2D eigenvalue weighted by atomic mass is 19.4. The van der Waals surface area contributed by atoms with Crippen molar-refractivity contribution in [1.82, 2.24) is 0 Å². The van der Waals surface area contributed by atoms with Crippen LogP contribution in [0.1, 0.15) is 37.3 Å². The van der Waals surface area contributed by atoms with Crippen molar-refractivity contribution in [2.75, 3.05) is 0 Å². The van der Waals surface area contributed by atoms with E-state index in [2.05, 4.69) is 9.47 Å². The van der Waals surface area contributed by atoms with Gasteiger partial charge in [-0.2, -0.15) is 8.78 Å². The number of halogens is 7. The number of hydrogen-bond acceptors (Lipinski definition) is 2. The molecule has 2 aromatic rings. The van der Waals surface area contributed by atoms with E-state index in [0.717, 1.165) is 43.4 Å². The van der Waals surface area contributed by atoms with Gasteiger partial charge in [-0.1, -0.05) is 31.9 Å². The maximum Gasteiger partial charge on any atom is 0.573 e. The summed E-state index contributed by atoms with van der Waals surface area (Å²) in [6.45, 7) is 2.04. The van der Waals surface area contributed by atoms with E-state index in [1.165, 1.54) is 12.1 Å². The Balaban J connectivity index is 2.15. The molecular formula is C19H17F7O2. The van der Waals surface area contributed by atoms with Crippen LogP contribution in [0.3, 0.4) is 0 Å². The second kappa shape index (κ2) is 8.70. The molecule has 0 atom stereocenters. The lowest BCUT2D eigenvalue weighted by Gasteiger charge is -2.19. The van der Waals surface area contributed by atoms with Gasteiger partial charge in [0.15, 0.2) is 11.6 Å². The fourth-order valence-corrected chi connectivity index (χ4v) is 2.46. The van der Waals surface area contributed by atoms with Gasteiger partial charge in [-0.3, -0.25) is 0 Å². The number of benzene rings is 2. The fraction of sp³-hybridized carbons (Fsp3) is 0.368. The van der Waals surface area contributed by atoms with Crippen LogP contribution in [0.4, 0.5) is 30.7 Å². The molecule has 0 spiro atoms. The van der Waals surface area contributed by atoms with Crippen molar-refractivity contribution in [2.45, 2.75) is 45.1 Å². The lowest BCUT2D eigenvalue weighted by molar-refractivity contribution is -0.276. The number of alkyl halides is 5. The highest BCUT2D eigenvalue weighted by Gasteiger charge is 2.37. The minimum absolute atomic E-state index is 0.192. The molecule has 0 saturated carbocycles. The van der Waals surface area contributed by atoms with Crippen molar-refractivity contribution in [3.8, 4) is 11.5 Å². The fourth-order valence-electron chi connectivity index (χ4n) is 2.46. The SMILES string of the molecule is CCCCCc1ccc(C(F)(F)Oc2cc(F)c(OC(F)(F)F)c(F)c2)cc1. The molecule has 0 aliphatic carbocycles. The Bertz CT molecular complexity index is 763. The zero-order chi connectivity index (χ0) is 20.9. The number of unbranched alkanes of at least 4 members (excludes halogenated alkanes) is 2. The molecule has 154 valence electrons. The lowest BCUT2D eigenvalue weighted by Crippen LogP contribution is -2.22. The van der Waals surface area contributed by atoms with Gasteiger partial charge in [0.2, 0.25) is 5.75 Å². The summed E-state index contributed by atoms with van der Waals surface area (Å²) in [4.78, 5) is 0. The van der Waals surface area contributed by atoms with Crippen molar-refractivity contribution in [2.24, 2.45) is 0 Å². The third kappa shape index (κ3) is 6.03. The molecule has 0 aromatic heterocycles. The van der Waals surface area contributed by atoms with E-state index in [-0.39, 0.29) is 12.1 Å². The Labute approximate surface area is 156 Å². The molecule has 0 heterocycles. The van der Waals surface area contributed by atoms with Gasteiger partial charge in [-0.15, -0.1) is 13.2 Å². The average molecular weight is 410 g/mol. The molecular weight excluding hydrogens is 393 g/mol. The summed E-state index contributed by atoms with van der Waals surface area (Å²) in [7, 11) is 0. The summed E-state index contributed by atoms with van der Waals surface area (Å²) in [6.07, 6.45) is -5.64. The van der Waals surface area contributed by atoms with E-state index in [4.69, 9.17) is 0 Å². The minimum atomic E-state index is -5.34. The molecule has 2 nitrogen and oxygen atoms in total. The van der Waals surface area contributed by atoms with Gasteiger partial charge in [-0.25, -0.2) is 8.78 Å². The van der Waals surface area contributed by atoms with Gasteiger partial charge in [-0.05, 0) is 30.5 Å². The van der Waals surface area contributed by atoms with Crippen molar-refractivity contribution < 1.29 is 40.2 Å². The van der Waals surface area contributed by atoms with Crippen molar-refractivity contribution in [3.63, 3.8) is 0 Å². The van der Waals surface area contributed by atoms with Crippen LogP contribution in [0.15, 0.2) is 36.4 Å². The predicted octanol–water partition coefficient (Wildman–Crippen LogP) is 6.72. The van der Waals surface area contributed by atoms with Crippen molar-refractivity contribution in [1.29, 1.82) is 0 Å². The molecule has 0 aliphatic rings. The molecule has 28 heavy (non-hydrogen) atoms. The molecule has 0 saturated heterocycles. The second-order valence-electron chi connectivity index (χ2n) is 6.04. The third-order valence-electron chi connectivity index (χ3n) is 3.79. The summed E-state index contributed by atoms with van der Waals surface area (Å²) in [5.41, 5.74) is 0.280. The molecule has 0 N–H and O–H groups in total. The highest BCUT2D eigenvalue weighted by Crippen LogP contribution is 2.36. The summed E-state index contributed by atoms with van der Waals surface area (Å²) in [5, 5.41) is 0. The average Bonchev–Trinajstić information content (AvgIpc) is 2.58. The number of rotatable bonds is 8. The van der Waals surface area contributed by atoms with Gasteiger partial charge in [0, 0.05) is 12.1 Å². The second-order valence-corrected chi connectivity index (χ2v) is 6.04. The largest absolute Gasteiger partial charge is 0.573 e. The Hall–Kier alpha value is -2.45. The molecule has 2 rings (SSSR count). The Morgan fingerprint density at radius 3 is 1.89 bits per heavy atom. The van der Waals surface area contributed by atoms with Crippen LogP contribution in [-0.2, 0) is 12.5 Å². The molecule has 0 fully saturated rings. The molecule has 0 radical (unpaired) electrons. The number of aryl methyl sites for hydroxylation is 1. The molecule has 0 amide bonds. The van der Waals surface area contributed by atoms with Crippen LogP contribution >= 0.6 is 0 Å². The summed E-state index contributed by atoms with van der Waals surface area (Å²) < 4.78 is 99.6. The van der Waals surface area contributed by atoms with E-state index < -0.39 is 41.2 Å². The Morgan fingerprint density at radius 1 is 0.821 bits per heavy atom. The Kier molecular flexibility index (Phi) is 6.79. The molecule has 0 aliphatic heterocycles. The van der Waals surface area contributed by atoms with Gasteiger partial charge in [0.05, 0.1) is 5.56 Å². The molecule has 0 unspecified atom stereocenters. The van der Waals surface area contributed by atoms with Gasteiger partial charge < -0.3 is 9.47 Å². The maximum atomic E-state index is 14.2. The van der Waals surface area contributed by atoms with E-state index in [0.29, 0.717) is 0 Å². The quantitative estimate of drug-likeness (QED) is 0.355. The summed E-state index contributed by atoms with van der Waals surface area (Å²) in [5.74, 6) is -6.38. The zero-order valence-electron chi connectivity index (χ0n) is 14.8. The number of hydrogen-bond donors (Lipinski definition) is 0. The first-order chi connectivity index (χ1) is 13.0. The van der Waals surface area contributed by atoms with E-state index in [1.807, 2.05) is 6.92 Å². The minimum Gasteiger partial charge on any atom is -0.429 e. The lowest BCUT2D eigenvalue weighted by atomic mass is 10.1. The van der Waals surface area contributed by atoms with Gasteiger partial charge >= 0.3 is 12.5 Å². The van der Waals surface area contributed by atoms with E-state index >= 15 is 0 Å². The molecule has 0 bridgehead atoms. The van der Waals surface area contributed by atoms with Crippen molar-refractivity contribution in [3.05, 3.63) is 59.2 Å². The molecule has 9 heteroatoms. The zero-order valence-corrected chi connectivity index (χ0v) is 14.8. The van der Waals surface area contributed by atoms with Crippen LogP contribution in [0, 0.1) is 11.6 Å². The smallest absolute Gasteiger partial charge is 0.429 e. The monoisotopic (exact) mass is 410 g/mol. The first-order valence-electron chi connectivity index (χ1n) is 8.43. The molecule has 2 aromatic carbocycles. The summed E-state index contributed by atoms with van der Waals surface area (Å²) in [6, 6.07) is 5.60. The predicted molar refractivity (Wildman–Crippen MR) is 87.2 cm³/mol. The van der Waals surface area contributed by atoms with Crippen molar-refractivity contribution >= 4 is 0 Å². The first kappa shape index (κ1) is 21.8. The van der Waals surface area contributed by atoms with Crippen LogP contribution < -0.4 is 9.47 Å². The normalized spacial score (nSPS) is 12.1. The first-order valence-corrected chi connectivity index (χ1v) is 8.43. The van der Waals surface area contributed by atoms with Crippen LogP contribution in [-0.4, -0.2) is 6.36 Å². The summed E-state index contributed by atoms with van der Waals surface area (Å²) >= 11 is 0. The Morgan fingerprint density at radius 2 is 1.39 bits per heavy atom. The van der Waals surface area contributed by atoms with Crippen LogP contribution in [0.25, 0.3) is 0 Å². The van der Waals surface area contributed by atoms with Gasteiger partial charge in [0.25, 0.3) is 0 Å². The van der Waals surface area contributed by atoms with Crippen LogP contribution in [0.5, 0.6) is 11.5 Å². The maximum absolute atomic E-state index is 14.2. The van der Waals surface area contributed by atoms with E-state index in [1.54, 1.807) is 0 Å².